The van der Waals surface area contributed by atoms with Crippen molar-refractivity contribution in [2.75, 3.05) is 0 Å². The standard InChI is InChI=1S/C60H36GeO4/c1-3-15-39(16-4-1)61(40-17-5-2-6-18-40,51-27-13-25-47-49-35-37(31-33-55(49)64-59(47)51)41-21-11-23-45-43-19-7-9-29-53(43)62-57(41)45)52-28-14-26-48-50-36-38(32-34-56(50)65-60(48)52)42-22-12-24-46-44-20-8-10-30-54(44)63-58(42)46/h1-36H. The van der Waals surface area contributed by atoms with Crippen molar-refractivity contribution in [2.45, 2.75) is 0 Å². The first kappa shape index (κ1) is 36.4. The van der Waals surface area contributed by atoms with Crippen LogP contribution in [0.15, 0.2) is 236 Å². The van der Waals surface area contributed by atoms with E-state index >= 15 is 0 Å². The van der Waals surface area contributed by atoms with Gasteiger partial charge in [0.2, 0.25) is 0 Å². The second kappa shape index (κ2) is 14.0. The van der Waals surface area contributed by atoms with Gasteiger partial charge in [-0.15, -0.1) is 0 Å². The fraction of sp³-hybridized carbons (Fsp3) is 0. The molecule has 4 aromatic heterocycles. The van der Waals surface area contributed by atoms with Crippen LogP contribution in [0.3, 0.4) is 0 Å². The summed E-state index contributed by atoms with van der Waals surface area (Å²) in [6.45, 7) is 0. The Hall–Kier alpha value is -8.06. The van der Waals surface area contributed by atoms with Gasteiger partial charge in [0.25, 0.3) is 0 Å². The minimum absolute atomic E-state index is 0.847. The van der Waals surface area contributed by atoms with Crippen molar-refractivity contribution in [2.24, 2.45) is 0 Å². The Labute approximate surface area is 374 Å². The van der Waals surface area contributed by atoms with Gasteiger partial charge in [-0.2, -0.15) is 0 Å². The summed E-state index contributed by atoms with van der Waals surface area (Å²) < 4.78 is 32.3. The molecular weight excluding hydrogens is 857 g/mol. The Morgan fingerprint density at radius 1 is 0.246 bits per heavy atom. The van der Waals surface area contributed by atoms with Crippen LogP contribution in [0.5, 0.6) is 0 Å². The molecule has 0 amide bonds. The summed E-state index contributed by atoms with van der Waals surface area (Å²) in [5, 5.41) is 8.76. The van der Waals surface area contributed by atoms with Crippen molar-refractivity contribution in [3.05, 3.63) is 218 Å². The third-order valence-corrected chi connectivity index (χ3v) is 23.7. The molecule has 14 aromatic rings. The molecule has 304 valence electrons. The van der Waals surface area contributed by atoms with Gasteiger partial charge in [-0.1, -0.05) is 0 Å². The van der Waals surface area contributed by atoms with Gasteiger partial charge in [0.1, 0.15) is 0 Å². The van der Waals surface area contributed by atoms with Crippen molar-refractivity contribution < 1.29 is 17.7 Å². The molecule has 0 atom stereocenters. The van der Waals surface area contributed by atoms with Crippen LogP contribution in [0, 0.1) is 0 Å². The van der Waals surface area contributed by atoms with Gasteiger partial charge in [0, 0.05) is 0 Å². The molecule has 0 aliphatic rings. The quantitative estimate of drug-likeness (QED) is 0.156. The van der Waals surface area contributed by atoms with Gasteiger partial charge in [-0.25, -0.2) is 0 Å². The monoisotopic (exact) mass is 894 g/mol. The Bertz CT molecular complexity index is 3920. The van der Waals surface area contributed by atoms with E-state index in [0.29, 0.717) is 0 Å². The molecular formula is C60H36GeO4. The van der Waals surface area contributed by atoms with Gasteiger partial charge >= 0.3 is 377 Å². The first-order chi connectivity index (χ1) is 32.2. The van der Waals surface area contributed by atoms with Crippen molar-refractivity contribution in [3.63, 3.8) is 0 Å². The number of benzene rings is 10. The molecule has 0 aliphatic carbocycles. The Morgan fingerprint density at radius 2 is 0.600 bits per heavy atom. The van der Waals surface area contributed by atoms with E-state index in [1.54, 1.807) is 0 Å². The maximum absolute atomic E-state index is 7.16. The second-order valence-corrected chi connectivity index (χ2v) is 24.9. The molecule has 65 heavy (non-hydrogen) atoms. The Morgan fingerprint density at radius 3 is 1.06 bits per heavy atom. The molecule has 0 radical (unpaired) electrons. The topological polar surface area (TPSA) is 52.6 Å². The average Bonchev–Trinajstić information content (AvgIpc) is 4.15. The number of hydrogen-bond donors (Lipinski definition) is 0. The van der Waals surface area contributed by atoms with Crippen LogP contribution < -0.4 is 17.6 Å². The molecule has 10 aromatic carbocycles. The van der Waals surface area contributed by atoms with Crippen LogP contribution >= 0.6 is 0 Å². The Kier molecular flexibility index (Phi) is 7.83. The van der Waals surface area contributed by atoms with Gasteiger partial charge < -0.3 is 0 Å². The van der Waals surface area contributed by atoms with E-state index in [0.717, 1.165) is 110 Å². The fourth-order valence-electron chi connectivity index (χ4n) is 10.8. The maximum atomic E-state index is 7.16. The number of furan rings is 4. The first-order valence-corrected chi connectivity index (χ1v) is 26.3. The van der Waals surface area contributed by atoms with Crippen molar-refractivity contribution in [1.29, 1.82) is 0 Å². The zero-order chi connectivity index (χ0) is 42.6. The van der Waals surface area contributed by atoms with Crippen molar-refractivity contribution in [1.82, 2.24) is 0 Å². The van der Waals surface area contributed by atoms with Crippen molar-refractivity contribution >= 4 is 119 Å². The summed E-state index contributed by atoms with van der Waals surface area (Å²) in [4.78, 5) is 0. The third kappa shape index (κ3) is 5.26. The first-order valence-electron chi connectivity index (χ1n) is 22.1. The molecule has 0 saturated heterocycles. The van der Waals surface area contributed by atoms with Gasteiger partial charge in [0.05, 0.1) is 0 Å². The van der Waals surface area contributed by atoms with Crippen LogP contribution in [0.25, 0.3) is 110 Å². The molecule has 0 spiro atoms. The number of fused-ring (bicyclic) bond motifs is 12. The summed E-state index contributed by atoms with van der Waals surface area (Å²) in [5.41, 5.74) is 11.3. The van der Waals surface area contributed by atoms with E-state index in [1.165, 1.54) is 17.6 Å². The summed E-state index contributed by atoms with van der Waals surface area (Å²) in [6.07, 6.45) is 0. The predicted molar refractivity (Wildman–Crippen MR) is 270 cm³/mol. The Balaban J connectivity index is 1.02. The molecule has 0 aliphatic heterocycles. The summed E-state index contributed by atoms with van der Waals surface area (Å²) in [5.74, 6) is 0. The fourth-order valence-corrected chi connectivity index (χ4v) is 21.3. The van der Waals surface area contributed by atoms with E-state index in [1.807, 2.05) is 24.3 Å². The molecule has 0 unspecified atom stereocenters. The van der Waals surface area contributed by atoms with E-state index in [4.69, 9.17) is 17.7 Å². The van der Waals surface area contributed by atoms with Crippen LogP contribution in [-0.4, -0.2) is 13.3 Å². The molecule has 4 heterocycles. The summed E-state index contributed by atoms with van der Waals surface area (Å²) in [7, 11) is 0. The zero-order valence-electron chi connectivity index (χ0n) is 34.9. The molecule has 4 nitrogen and oxygen atoms in total. The van der Waals surface area contributed by atoms with Gasteiger partial charge in [0.15, 0.2) is 0 Å². The van der Waals surface area contributed by atoms with Crippen LogP contribution in [0.1, 0.15) is 0 Å². The number of para-hydroxylation sites is 6. The SMILES string of the molecule is c1cc[c]([Ge]([c]2ccccc2)([c]2cccc3c2oc2ccc(-c4cccc5c4oc4ccccc45)cc23)[c]2cccc3c2oc2ccc(-c4cccc5c4oc4ccccc45)cc23)cc1. The van der Waals surface area contributed by atoms with E-state index < -0.39 is 13.3 Å². The van der Waals surface area contributed by atoms with E-state index in [-0.39, 0.29) is 0 Å². The van der Waals surface area contributed by atoms with Crippen LogP contribution in [-0.2, 0) is 0 Å². The van der Waals surface area contributed by atoms with E-state index in [2.05, 4.69) is 194 Å². The van der Waals surface area contributed by atoms with Crippen molar-refractivity contribution in [3.8, 4) is 22.3 Å². The number of rotatable bonds is 6. The molecule has 0 saturated carbocycles. The molecule has 0 N–H and O–H groups in total. The molecule has 14 rings (SSSR count). The normalized spacial score (nSPS) is 12.3. The second-order valence-electron chi connectivity index (χ2n) is 17.0. The summed E-state index contributed by atoms with van der Waals surface area (Å²) >= 11 is -4.07. The average molecular weight is 894 g/mol. The summed E-state index contributed by atoms with van der Waals surface area (Å²) in [6, 6.07) is 78.1. The zero-order valence-corrected chi connectivity index (χ0v) is 37.0. The molecule has 0 fully saturated rings. The van der Waals surface area contributed by atoms with Crippen LogP contribution in [0.4, 0.5) is 0 Å². The predicted octanol–water partition coefficient (Wildman–Crippen LogP) is 14.0. The minimum atomic E-state index is -4.07. The molecule has 0 bridgehead atoms. The van der Waals surface area contributed by atoms with E-state index in [9.17, 15) is 0 Å². The van der Waals surface area contributed by atoms with Crippen LogP contribution in [0.2, 0.25) is 0 Å². The molecule has 5 heteroatoms. The third-order valence-electron chi connectivity index (χ3n) is 13.6. The van der Waals surface area contributed by atoms with Gasteiger partial charge in [-0.3, -0.25) is 0 Å². The van der Waals surface area contributed by atoms with Gasteiger partial charge in [-0.05, 0) is 0 Å². The number of hydrogen-bond acceptors (Lipinski definition) is 4.